The summed E-state index contributed by atoms with van der Waals surface area (Å²) in [4.78, 5) is 17.6. The van der Waals surface area contributed by atoms with Crippen molar-refractivity contribution in [2.24, 2.45) is 0 Å². The van der Waals surface area contributed by atoms with Crippen LogP contribution in [0.1, 0.15) is 11.5 Å². The highest BCUT2D eigenvalue weighted by molar-refractivity contribution is 5.84. The van der Waals surface area contributed by atoms with E-state index in [-0.39, 0.29) is 0 Å². The first-order chi connectivity index (χ1) is 7.74. The van der Waals surface area contributed by atoms with Crippen LogP contribution in [-0.2, 0) is 0 Å². The molecule has 4 heteroatoms. The first kappa shape index (κ1) is 9.15. The van der Waals surface area contributed by atoms with Crippen LogP contribution in [0.4, 0.5) is 0 Å². The van der Waals surface area contributed by atoms with Gasteiger partial charge in [-0.25, -0.2) is 19.9 Å². The van der Waals surface area contributed by atoms with Gasteiger partial charge in [-0.1, -0.05) is 12.1 Å². The molecule has 1 aromatic carbocycles. The molecule has 0 N–H and O–H groups in total. The summed E-state index contributed by atoms with van der Waals surface area (Å²) in [6.07, 6.45) is 0. The van der Waals surface area contributed by atoms with Gasteiger partial charge in [0.2, 0.25) is 0 Å². The highest BCUT2D eigenvalue weighted by Gasteiger charge is 2.06. The zero-order chi connectivity index (χ0) is 11.1. The minimum absolute atomic E-state index is 0.670. The molecular formula is C12H10N4. The van der Waals surface area contributed by atoms with Crippen LogP contribution in [0.3, 0.4) is 0 Å². The zero-order valence-corrected chi connectivity index (χ0v) is 9.10. The fourth-order valence-corrected chi connectivity index (χ4v) is 1.79. The molecule has 0 aliphatic carbocycles. The Morgan fingerprint density at radius 3 is 2.25 bits per heavy atom. The van der Waals surface area contributed by atoms with Gasteiger partial charge in [-0.3, -0.25) is 0 Å². The monoisotopic (exact) mass is 210 g/mol. The summed E-state index contributed by atoms with van der Waals surface area (Å²) >= 11 is 0. The van der Waals surface area contributed by atoms with Crippen LogP contribution >= 0.6 is 0 Å². The lowest BCUT2D eigenvalue weighted by molar-refractivity contribution is 1.03. The average molecular weight is 210 g/mol. The first-order valence-corrected chi connectivity index (χ1v) is 5.12. The van der Waals surface area contributed by atoms with Gasteiger partial charge >= 0.3 is 0 Å². The molecule has 0 aliphatic rings. The van der Waals surface area contributed by atoms with Crippen LogP contribution in [0.2, 0.25) is 0 Å². The fourth-order valence-electron chi connectivity index (χ4n) is 1.79. The Kier molecular flexibility index (Phi) is 1.83. The third kappa shape index (κ3) is 1.31. The Hall–Kier alpha value is -2.10. The molecule has 0 atom stereocenters. The lowest BCUT2D eigenvalue weighted by Gasteiger charge is -2.03. The summed E-state index contributed by atoms with van der Waals surface area (Å²) in [6.45, 7) is 3.80. The predicted molar refractivity (Wildman–Crippen MR) is 62.1 cm³/mol. The van der Waals surface area contributed by atoms with Crippen LogP contribution < -0.4 is 0 Å². The Labute approximate surface area is 92.4 Å². The SMILES string of the molecule is Cc1nc(C)c2nc3ccccc3nc2n1. The van der Waals surface area contributed by atoms with Crippen molar-refractivity contribution in [3.8, 4) is 0 Å². The van der Waals surface area contributed by atoms with Crippen molar-refractivity contribution < 1.29 is 0 Å². The van der Waals surface area contributed by atoms with Gasteiger partial charge in [-0.15, -0.1) is 0 Å². The smallest absolute Gasteiger partial charge is 0.182 e. The van der Waals surface area contributed by atoms with E-state index in [0.717, 1.165) is 28.1 Å². The van der Waals surface area contributed by atoms with Gasteiger partial charge in [-0.05, 0) is 26.0 Å². The number of benzene rings is 1. The lowest BCUT2D eigenvalue weighted by atomic mass is 10.3. The molecule has 3 rings (SSSR count). The van der Waals surface area contributed by atoms with Gasteiger partial charge in [0.05, 0.1) is 16.7 Å². The van der Waals surface area contributed by atoms with E-state index < -0.39 is 0 Å². The van der Waals surface area contributed by atoms with Crippen molar-refractivity contribution in [2.45, 2.75) is 13.8 Å². The van der Waals surface area contributed by atoms with Gasteiger partial charge in [-0.2, -0.15) is 0 Å². The van der Waals surface area contributed by atoms with Crippen LogP contribution in [0.5, 0.6) is 0 Å². The normalized spacial score (nSPS) is 11.1. The number of fused-ring (bicyclic) bond motifs is 2. The largest absolute Gasteiger partial charge is 0.241 e. The average Bonchev–Trinajstić information content (AvgIpc) is 2.27. The third-order valence-corrected chi connectivity index (χ3v) is 2.49. The number of hydrogen-bond acceptors (Lipinski definition) is 4. The van der Waals surface area contributed by atoms with E-state index in [1.165, 1.54) is 0 Å². The topological polar surface area (TPSA) is 51.6 Å². The molecule has 78 valence electrons. The molecule has 3 aromatic rings. The number of nitrogens with zero attached hydrogens (tertiary/aromatic N) is 4. The molecule has 16 heavy (non-hydrogen) atoms. The van der Waals surface area contributed by atoms with Crippen LogP contribution in [0.15, 0.2) is 24.3 Å². The van der Waals surface area contributed by atoms with Crippen molar-refractivity contribution in [1.82, 2.24) is 19.9 Å². The van der Waals surface area contributed by atoms with Crippen LogP contribution in [0, 0.1) is 13.8 Å². The van der Waals surface area contributed by atoms with Gasteiger partial charge in [0.15, 0.2) is 5.65 Å². The second-order valence-corrected chi connectivity index (χ2v) is 3.74. The summed E-state index contributed by atoms with van der Waals surface area (Å²) in [6, 6.07) is 7.78. The predicted octanol–water partition coefficient (Wildman–Crippen LogP) is 2.19. The standard InChI is InChI=1S/C12H10N4/c1-7-11-12(14-8(2)13-7)16-10-6-4-3-5-9(10)15-11/h3-6H,1-2H3. The molecule has 4 nitrogen and oxygen atoms in total. The number of rotatable bonds is 0. The fraction of sp³-hybridized carbons (Fsp3) is 0.167. The molecule has 0 unspecified atom stereocenters. The van der Waals surface area contributed by atoms with Crippen LogP contribution in [0.25, 0.3) is 22.2 Å². The number of aromatic nitrogens is 4. The number of para-hydroxylation sites is 2. The second-order valence-electron chi connectivity index (χ2n) is 3.74. The van der Waals surface area contributed by atoms with E-state index in [9.17, 15) is 0 Å². The lowest BCUT2D eigenvalue weighted by Crippen LogP contribution is -1.98. The Morgan fingerprint density at radius 2 is 1.50 bits per heavy atom. The van der Waals surface area contributed by atoms with E-state index in [4.69, 9.17) is 0 Å². The van der Waals surface area contributed by atoms with Gasteiger partial charge in [0, 0.05) is 0 Å². The minimum atomic E-state index is 0.670. The van der Waals surface area contributed by atoms with Crippen LogP contribution in [-0.4, -0.2) is 19.9 Å². The Bertz CT molecular complexity index is 691. The summed E-state index contributed by atoms with van der Waals surface area (Å²) in [5.41, 5.74) is 4.08. The van der Waals surface area contributed by atoms with Gasteiger partial charge in [0.25, 0.3) is 0 Å². The minimum Gasteiger partial charge on any atom is -0.241 e. The summed E-state index contributed by atoms with van der Waals surface area (Å²) < 4.78 is 0. The maximum absolute atomic E-state index is 4.53. The Balaban J connectivity index is 2.51. The summed E-state index contributed by atoms with van der Waals surface area (Å²) in [7, 11) is 0. The number of hydrogen-bond donors (Lipinski definition) is 0. The molecule has 0 amide bonds. The van der Waals surface area contributed by atoms with Crippen molar-refractivity contribution in [2.75, 3.05) is 0 Å². The molecule has 0 saturated carbocycles. The molecule has 2 heterocycles. The third-order valence-electron chi connectivity index (χ3n) is 2.49. The van der Waals surface area contributed by atoms with E-state index in [1.807, 2.05) is 38.1 Å². The van der Waals surface area contributed by atoms with Crippen molar-refractivity contribution in [1.29, 1.82) is 0 Å². The highest BCUT2D eigenvalue weighted by atomic mass is 15.0. The molecule has 0 aliphatic heterocycles. The molecule has 0 saturated heterocycles. The molecule has 0 bridgehead atoms. The first-order valence-electron chi connectivity index (χ1n) is 5.12. The summed E-state index contributed by atoms with van der Waals surface area (Å²) in [5.74, 6) is 0.731. The quantitative estimate of drug-likeness (QED) is 0.534. The zero-order valence-electron chi connectivity index (χ0n) is 9.10. The second kappa shape index (κ2) is 3.20. The maximum atomic E-state index is 4.53. The molecular weight excluding hydrogens is 200 g/mol. The van der Waals surface area contributed by atoms with Gasteiger partial charge < -0.3 is 0 Å². The molecule has 0 fully saturated rings. The van der Waals surface area contributed by atoms with E-state index in [0.29, 0.717) is 5.65 Å². The van der Waals surface area contributed by atoms with Crippen molar-refractivity contribution >= 4 is 22.2 Å². The maximum Gasteiger partial charge on any atom is 0.182 e. The molecule has 0 radical (unpaired) electrons. The highest BCUT2D eigenvalue weighted by Crippen LogP contribution is 2.16. The molecule has 2 aromatic heterocycles. The van der Waals surface area contributed by atoms with E-state index in [1.54, 1.807) is 0 Å². The number of aryl methyl sites for hydroxylation is 2. The van der Waals surface area contributed by atoms with Crippen molar-refractivity contribution in [3.63, 3.8) is 0 Å². The Morgan fingerprint density at radius 1 is 0.812 bits per heavy atom. The molecule has 0 spiro atoms. The van der Waals surface area contributed by atoms with Crippen molar-refractivity contribution in [3.05, 3.63) is 35.8 Å². The van der Waals surface area contributed by atoms with Gasteiger partial charge in [0.1, 0.15) is 11.3 Å². The summed E-state index contributed by atoms with van der Waals surface area (Å²) in [5, 5.41) is 0. The van der Waals surface area contributed by atoms with E-state index in [2.05, 4.69) is 19.9 Å². The van der Waals surface area contributed by atoms with E-state index >= 15 is 0 Å².